The SMILES string of the molecule is C[C@@H](n1ncnn1)[C@](O)(Cn1ccnc1)c1ccc(F)cc1F. The predicted octanol–water partition coefficient (Wildman–Crippen LogP) is 1.30. The highest BCUT2D eigenvalue weighted by Crippen LogP contribution is 2.35. The first-order valence-electron chi connectivity index (χ1n) is 6.87. The van der Waals surface area contributed by atoms with Gasteiger partial charge in [0.25, 0.3) is 0 Å². The molecule has 7 nitrogen and oxygen atoms in total. The smallest absolute Gasteiger partial charge is 0.162 e. The number of rotatable bonds is 5. The van der Waals surface area contributed by atoms with Crippen molar-refractivity contribution < 1.29 is 13.9 Å². The van der Waals surface area contributed by atoms with Crippen LogP contribution in [-0.2, 0) is 12.1 Å². The Hall–Kier alpha value is -2.68. The van der Waals surface area contributed by atoms with Gasteiger partial charge < -0.3 is 9.67 Å². The fourth-order valence-corrected chi connectivity index (χ4v) is 2.49. The molecule has 0 saturated heterocycles. The van der Waals surface area contributed by atoms with Crippen molar-refractivity contribution in [3.8, 4) is 0 Å². The summed E-state index contributed by atoms with van der Waals surface area (Å²) in [4.78, 5) is 5.09. The maximum Gasteiger partial charge on any atom is 0.162 e. The molecular weight excluding hydrogens is 306 g/mol. The number of aromatic nitrogens is 6. The normalized spacial score (nSPS) is 15.3. The van der Waals surface area contributed by atoms with Crippen LogP contribution in [-0.4, -0.2) is 34.9 Å². The van der Waals surface area contributed by atoms with Crippen LogP contribution in [0.15, 0.2) is 43.2 Å². The maximum absolute atomic E-state index is 14.3. The highest BCUT2D eigenvalue weighted by molar-refractivity contribution is 5.26. The van der Waals surface area contributed by atoms with Gasteiger partial charge in [0.1, 0.15) is 23.3 Å². The summed E-state index contributed by atoms with van der Waals surface area (Å²) in [7, 11) is 0. The van der Waals surface area contributed by atoms with Crippen LogP contribution in [0.25, 0.3) is 0 Å². The molecule has 2 atom stereocenters. The minimum Gasteiger partial charge on any atom is -0.381 e. The van der Waals surface area contributed by atoms with Gasteiger partial charge in [-0.1, -0.05) is 6.07 Å². The Morgan fingerprint density at radius 2 is 2.17 bits per heavy atom. The fraction of sp³-hybridized carbons (Fsp3) is 0.286. The van der Waals surface area contributed by atoms with Crippen LogP contribution in [0.2, 0.25) is 0 Å². The zero-order valence-electron chi connectivity index (χ0n) is 12.2. The first kappa shape index (κ1) is 15.2. The third-order valence-corrected chi connectivity index (χ3v) is 3.78. The highest BCUT2D eigenvalue weighted by Gasteiger charge is 2.41. The summed E-state index contributed by atoms with van der Waals surface area (Å²) in [6, 6.07) is 2.29. The van der Waals surface area contributed by atoms with Crippen LogP contribution in [0, 0.1) is 11.6 Å². The summed E-state index contributed by atoms with van der Waals surface area (Å²) in [5.41, 5.74) is -1.79. The molecule has 120 valence electrons. The lowest BCUT2D eigenvalue weighted by molar-refractivity contribution is -0.0391. The molecule has 0 unspecified atom stereocenters. The first-order valence-corrected chi connectivity index (χ1v) is 6.87. The molecule has 2 heterocycles. The molecule has 2 aromatic heterocycles. The van der Waals surface area contributed by atoms with E-state index in [2.05, 4.69) is 20.4 Å². The molecule has 3 rings (SSSR count). The minimum atomic E-state index is -1.74. The van der Waals surface area contributed by atoms with Gasteiger partial charge >= 0.3 is 0 Å². The molecule has 9 heteroatoms. The Bertz CT molecular complexity index is 777. The third kappa shape index (κ3) is 2.82. The lowest BCUT2D eigenvalue weighted by Gasteiger charge is -2.34. The molecule has 3 aromatic rings. The molecule has 1 N–H and O–H groups in total. The molecule has 23 heavy (non-hydrogen) atoms. The Morgan fingerprint density at radius 3 is 2.78 bits per heavy atom. The van der Waals surface area contributed by atoms with E-state index in [1.807, 2.05) is 0 Å². The van der Waals surface area contributed by atoms with Gasteiger partial charge in [0.05, 0.1) is 12.9 Å². The summed E-state index contributed by atoms with van der Waals surface area (Å²) in [5.74, 6) is -1.57. The molecule has 0 aliphatic rings. The van der Waals surface area contributed by atoms with E-state index >= 15 is 0 Å². The van der Waals surface area contributed by atoms with Crippen LogP contribution in [0.4, 0.5) is 8.78 Å². The number of aliphatic hydroxyl groups is 1. The van der Waals surface area contributed by atoms with Gasteiger partial charge in [0, 0.05) is 24.0 Å². The van der Waals surface area contributed by atoms with Gasteiger partial charge in [-0.3, -0.25) is 0 Å². The second kappa shape index (κ2) is 5.84. The second-order valence-corrected chi connectivity index (χ2v) is 5.22. The molecule has 0 spiro atoms. The maximum atomic E-state index is 14.3. The van der Waals surface area contributed by atoms with Gasteiger partial charge in [-0.15, -0.1) is 10.2 Å². The summed E-state index contributed by atoms with van der Waals surface area (Å²) >= 11 is 0. The minimum absolute atomic E-state index is 0.0156. The average molecular weight is 320 g/mol. The number of imidazole rings is 1. The molecule has 0 amide bonds. The van der Waals surface area contributed by atoms with Gasteiger partial charge in [-0.05, 0) is 18.2 Å². The number of hydrogen-bond donors (Lipinski definition) is 1. The molecule has 1 aromatic carbocycles. The van der Waals surface area contributed by atoms with Crippen molar-refractivity contribution in [3.05, 3.63) is 60.4 Å². The summed E-state index contributed by atoms with van der Waals surface area (Å²) < 4.78 is 29.1. The summed E-state index contributed by atoms with van der Waals surface area (Å²) in [6.45, 7) is 1.61. The average Bonchev–Trinajstić information content (AvgIpc) is 3.19. The van der Waals surface area contributed by atoms with E-state index in [4.69, 9.17) is 0 Å². The number of hydrogen-bond acceptors (Lipinski definition) is 5. The first-order chi connectivity index (χ1) is 11.0. The number of halogens is 2. The van der Waals surface area contributed by atoms with E-state index in [0.29, 0.717) is 0 Å². The van der Waals surface area contributed by atoms with Crippen LogP contribution >= 0.6 is 0 Å². The highest BCUT2D eigenvalue weighted by atomic mass is 19.1. The summed E-state index contributed by atoms with van der Waals surface area (Å²) in [5, 5.41) is 22.5. The third-order valence-electron chi connectivity index (χ3n) is 3.78. The molecule has 0 fully saturated rings. The van der Waals surface area contributed by atoms with Crippen LogP contribution < -0.4 is 0 Å². The molecule has 0 radical (unpaired) electrons. The van der Waals surface area contributed by atoms with Crippen molar-refractivity contribution in [1.82, 2.24) is 29.8 Å². The van der Waals surface area contributed by atoms with E-state index in [-0.39, 0.29) is 12.1 Å². The van der Waals surface area contributed by atoms with Crippen molar-refractivity contribution in [1.29, 1.82) is 0 Å². The molecule has 0 saturated carbocycles. The van der Waals surface area contributed by atoms with E-state index in [1.54, 1.807) is 23.9 Å². The Labute approximate surface area is 130 Å². The molecular formula is C14H14F2N6O. The molecule has 0 aliphatic heterocycles. The van der Waals surface area contributed by atoms with Crippen LogP contribution in [0.1, 0.15) is 18.5 Å². The van der Waals surface area contributed by atoms with E-state index in [1.165, 1.54) is 23.5 Å². The van der Waals surface area contributed by atoms with Gasteiger partial charge in [0.2, 0.25) is 0 Å². The van der Waals surface area contributed by atoms with Gasteiger partial charge in [-0.2, -0.15) is 4.80 Å². The van der Waals surface area contributed by atoms with Crippen molar-refractivity contribution in [2.75, 3.05) is 0 Å². The van der Waals surface area contributed by atoms with Crippen LogP contribution in [0.5, 0.6) is 0 Å². The van der Waals surface area contributed by atoms with Crippen LogP contribution in [0.3, 0.4) is 0 Å². The van der Waals surface area contributed by atoms with Gasteiger partial charge in [0.15, 0.2) is 6.33 Å². The zero-order chi connectivity index (χ0) is 16.4. The zero-order valence-corrected chi connectivity index (χ0v) is 12.2. The molecule has 0 bridgehead atoms. The van der Waals surface area contributed by atoms with E-state index in [9.17, 15) is 13.9 Å². The van der Waals surface area contributed by atoms with Crippen molar-refractivity contribution in [2.24, 2.45) is 0 Å². The number of nitrogens with zero attached hydrogens (tertiary/aromatic N) is 6. The largest absolute Gasteiger partial charge is 0.381 e. The number of tetrazole rings is 1. The quantitative estimate of drug-likeness (QED) is 0.766. The van der Waals surface area contributed by atoms with Crippen molar-refractivity contribution in [2.45, 2.75) is 25.1 Å². The topological polar surface area (TPSA) is 81.6 Å². The lowest BCUT2D eigenvalue weighted by atomic mass is 9.86. The Balaban J connectivity index is 2.08. The monoisotopic (exact) mass is 320 g/mol. The van der Waals surface area contributed by atoms with Gasteiger partial charge in [-0.25, -0.2) is 13.8 Å². The number of benzene rings is 1. The molecule has 0 aliphatic carbocycles. The Kier molecular flexibility index (Phi) is 3.87. The Morgan fingerprint density at radius 1 is 1.35 bits per heavy atom. The van der Waals surface area contributed by atoms with Crippen molar-refractivity contribution in [3.63, 3.8) is 0 Å². The second-order valence-electron chi connectivity index (χ2n) is 5.22. The van der Waals surface area contributed by atoms with Crippen molar-refractivity contribution >= 4 is 0 Å². The lowest BCUT2D eigenvalue weighted by Crippen LogP contribution is -2.41. The predicted molar refractivity (Wildman–Crippen MR) is 75.0 cm³/mol. The van der Waals surface area contributed by atoms with E-state index in [0.717, 1.165) is 12.1 Å². The van der Waals surface area contributed by atoms with E-state index < -0.39 is 23.3 Å². The summed E-state index contributed by atoms with van der Waals surface area (Å²) in [6.07, 6.45) is 5.89. The standard InChI is InChI=1S/C14H14F2N6O/c1-10(22-19-8-18-20-22)14(23,7-21-5-4-17-9-21)12-3-2-11(15)6-13(12)16/h2-6,8-10,23H,7H2,1H3/t10-,14-/m1/s1. The fourth-order valence-electron chi connectivity index (χ4n) is 2.49.